The molecule has 1 saturated carbocycles. The lowest BCUT2D eigenvalue weighted by Crippen LogP contribution is -2.46. The van der Waals surface area contributed by atoms with Gasteiger partial charge in [-0.2, -0.15) is 0 Å². The number of hydrogen-bond acceptors (Lipinski definition) is 3. The molecule has 1 saturated heterocycles. The van der Waals surface area contributed by atoms with E-state index >= 15 is 0 Å². The predicted molar refractivity (Wildman–Crippen MR) is 73.4 cm³/mol. The number of nitrogens with zero attached hydrogens (tertiary/aromatic N) is 2. The first-order chi connectivity index (χ1) is 8.34. The van der Waals surface area contributed by atoms with Crippen LogP contribution in [0.3, 0.4) is 0 Å². The number of nitrogens with one attached hydrogen (secondary N) is 1. The minimum Gasteiger partial charge on any atom is -0.314 e. The Hall–Kier alpha value is -0.120. The molecule has 2 aliphatic rings. The first kappa shape index (κ1) is 13.3. The second-order valence-corrected chi connectivity index (χ2v) is 5.86. The average molecular weight is 239 g/mol. The van der Waals surface area contributed by atoms with Gasteiger partial charge in [0.2, 0.25) is 0 Å². The molecule has 1 heterocycles. The van der Waals surface area contributed by atoms with Gasteiger partial charge in [0.15, 0.2) is 0 Å². The molecule has 2 fully saturated rings. The van der Waals surface area contributed by atoms with E-state index in [9.17, 15) is 0 Å². The zero-order chi connectivity index (χ0) is 11.9. The predicted octanol–water partition coefficient (Wildman–Crippen LogP) is 1.40. The van der Waals surface area contributed by atoms with Gasteiger partial charge in [-0.1, -0.05) is 19.3 Å². The molecule has 0 aromatic carbocycles. The molecule has 0 aromatic rings. The Kier molecular flexibility index (Phi) is 5.75. The first-order valence-electron chi connectivity index (χ1n) is 7.46. The van der Waals surface area contributed by atoms with Crippen molar-refractivity contribution in [2.24, 2.45) is 5.92 Å². The molecule has 0 bridgehead atoms. The zero-order valence-corrected chi connectivity index (χ0v) is 11.5. The highest BCUT2D eigenvalue weighted by Gasteiger charge is 2.16. The van der Waals surface area contributed by atoms with Crippen LogP contribution in [0.2, 0.25) is 0 Å². The summed E-state index contributed by atoms with van der Waals surface area (Å²) in [6.07, 6.45) is 7.35. The summed E-state index contributed by atoms with van der Waals surface area (Å²) >= 11 is 0. The van der Waals surface area contributed by atoms with E-state index in [1.807, 2.05) is 0 Å². The second-order valence-electron chi connectivity index (χ2n) is 5.86. The van der Waals surface area contributed by atoms with Gasteiger partial charge < -0.3 is 10.2 Å². The maximum Gasteiger partial charge on any atom is 0.0110 e. The molecule has 0 aromatic heterocycles. The highest BCUT2D eigenvalue weighted by molar-refractivity contribution is 4.72. The Morgan fingerprint density at radius 2 is 1.82 bits per heavy atom. The molecule has 1 aliphatic heterocycles. The fourth-order valence-corrected chi connectivity index (χ4v) is 3.15. The van der Waals surface area contributed by atoms with E-state index in [1.165, 1.54) is 77.9 Å². The van der Waals surface area contributed by atoms with Crippen molar-refractivity contribution in [3.63, 3.8) is 0 Å². The Labute approximate surface area is 107 Å². The quantitative estimate of drug-likeness (QED) is 0.782. The van der Waals surface area contributed by atoms with Gasteiger partial charge >= 0.3 is 0 Å². The highest BCUT2D eigenvalue weighted by Crippen LogP contribution is 2.23. The van der Waals surface area contributed by atoms with Gasteiger partial charge in [-0.05, 0) is 25.8 Å². The Bertz CT molecular complexity index is 196. The molecule has 0 unspecified atom stereocenters. The largest absolute Gasteiger partial charge is 0.314 e. The third-order valence-corrected chi connectivity index (χ3v) is 4.30. The number of hydrogen-bond donors (Lipinski definition) is 1. The summed E-state index contributed by atoms with van der Waals surface area (Å²) < 4.78 is 0. The molecule has 17 heavy (non-hydrogen) atoms. The monoisotopic (exact) mass is 239 g/mol. The molecule has 3 heteroatoms. The molecule has 0 amide bonds. The summed E-state index contributed by atoms with van der Waals surface area (Å²) in [7, 11) is 2.30. The minimum absolute atomic E-state index is 0.983. The highest BCUT2D eigenvalue weighted by atomic mass is 15.2. The molecule has 0 radical (unpaired) electrons. The normalized spacial score (nSPS) is 24.4. The Balaban J connectivity index is 1.57. The van der Waals surface area contributed by atoms with Gasteiger partial charge in [0.05, 0.1) is 0 Å². The van der Waals surface area contributed by atoms with E-state index in [4.69, 9.17) is 0 Å². The van der Waals surface area contributed by atoms with Crippen molar-refractivity contribution in [2.75, 3.05) is 52.9 Å². The average Bonchev–Trinajstić information content (AvgIpc) is 2.39. The Morgan fingerprint density at radius 3 is 2.53 bits per heavy atom. The smallest absolute Gasteiger partial charge is 0.0110 e. The van der Waals surface area contributed by atoms with Crippen LogP contribution in [0.15, 0.2) is 0 Å². The lowest BCUT2D eigenvalue weighted by molar-refractivity contribution is 0.181. The molecule has 3 nitrogen and oxygen atoms in total. The van der Waals surface area contributed by atoms with E-state index in [0.29, 0.717) is 0 Å². The van der Waals surface area contributed by atoms with E-state index in [0.717, 1.165) is 5.92 Å². The van der Waals surface area contributed by atoms with E-state index in [2.05, 4.69) is 22.2 Å². The van der Waals surface area contributed by atoms with Gasteiger partial charge in [-0.25, -0.2) is 0 Å². The third kappa shape index (κ3) is 4.94. The van der Waals surface area contributed by atoms with Gasteiger partial charge in [0.1, 0.15) is 0 Å². The van der Waals surface area contributed by atoms with Gasteiger partial charge in [-0.3, -0.25) is 4.90 Å². The molecular formula is C14H29N3. The van der Waals surface area contributed by atoms with E-state index < -0.39 is 0 Å². The summed E-state index contributed by atoms with van der Waals surface area (Å²) in [5.74, 6) is 0.983. The summed E-state index contributed by atoms with van der Waals surface area (Å²) in [5.41, 5.74) is 0. The van der Waals surface area contributed by atoms with Crippen molar-refractivity contribution in [3.05, 3.63) is 0 Å². The van der Waals surface area contributed by atoms with Crippen molar-refractivity contribution in [1.82, 2.24) is 15.1 Å². The van der Waals surface area contributed by atoms with Crippen LogP contribution in [0.5, 0.6) is 0 Å². The van der Waals surface area contributed by atoms with Crippen molar-refractivity contribution in [2.45, 2.75) is 32.1 Å². The summed E-state index contributed by atoms with van der Waals surface area (Å²) in [6, 6.07) is 0. The second kappa shape index (κ2) is 7.34. The fraction of sp³-hybridized carbons (Fsp3) is 1.00. The van der Waals surface area contributed by atoms with Gasteiger partial charge in [0, 0.05) is 45.8 Å². The standard InChI is InChI=1S/C14H29N3/c1-16(13-14-5-3-2-4-6-14)11-12-17-9-7-15-8-10-17/h14-15H,2-13H2,1H3. The number of likely N-dealkylation sites (N-methyl/N-ethyl adjacent to an activating group) is 1. The SMILES string of the molecule is CN(CCN1CCNCC1)CC1CCCCC1. The topological polar surface area (TPSA) is 18.5 Å². The van der Waals surface area contributed by atoms with Crippen LogP contribution in [0.1, 0.15) is 32.1 Å². The van der Waals surface area contributed by atoms with Crippen molar-refractivity contribution in [3.8, 4) is 0 Å². The zero-order valence-electron chi connectivity index (χ0n) is 11.5. The van der Waals surface area contributed by atoms with Crippen molar-refractivity contribution < 1.29 is 0 Å². The third-order valence-electron chi connectivity index (χ3n) is 4.30. The first-order valence-corrected chi connectivity index (χ1v) is 7.46. The van der Waals surface area contributed by atoms with E-state index in [1.54, 1.807) is 0 Å². The summed E-state index contributed by atoms with van der Waals surface area (Å²) in [4.78, 5) is 5.14. The lowest BCUT2D eigenvalue weighted by atomic mass is 9.89. The summed E-state index contributed by atoms with van der Waals surface area (Å²) in [5, 5.41) is 3.41. The maximum atomic E-state index is 3.41. The molecule has 1 N–H and O–H groups in total. The minimum atomic E-state index is 0.983. The van der Waals surface area contributed by atoms with Crippen molar-refractivity contribution >= 4 is 0 Å². The van der Waals surface area contributed by atoms with Crippen LogP contribution < -0.4 is 5.32 Å². The lowest BCUT2D eigenvalue weighted by Gasteiger charge is -2.31. The van der Waals surface area contributed by atoms with Crippen LogP contribution >= 0.6 is 0 Å². The molecule has 0 spiro atoms. The van der Waals surface area contributed by atoms with Crippen LogP contribution in [0.4, 0.5) is 0 Å². The van der Waals surface area contributed by atoms with Gasteiger partial charge in [0.25, 0.3) is 0 Å². The maximum absolute atomic E-state index is 3.41. The Morgan fingerprint density at radius 1 is 1.12 bits per heavy atom. The van der Waals surface area contributed by atoms with Crippen molar-refractivity contribution in [1.29, 1.82) is 0 Å². The number of rotatable bonds is 5. The van der Waals surface area contributed by atoms with Crippen LogP contribution in [-0.2, 0) is 0 Å². The molecule has 2 rings (SSSR count). The molecular weight excluding hydrogens is 210 g/mol. The van der Waals surface area contributed by atoms with Crippen LogP contribution in [0, 0.1) is 5.92 Å². The summed E-state index contributed by atoms with van der Waals surface area (Å²) in [6.45, 7) is 8.64. The fourth-order valence-electron chi connectivity index (χ4n) is 3.15. The van der Waals surface area contributed by atoms with Gasteiger partial charge in [-0.15, -0.1) is 0 Å². The number of piperazine rings is 1. The van der Waals surface area contributed by atoms with Crippen LogP contribution in [-0.4, -0.2) is 62.7 Å². The molecule has 0 atom stereocenters. The molecule has 100 valence electrons. The van der Waals surface area contributed by atoms with E-state index in [-0.39, 0.29) is 0 Å². The van der Waals surface area contributed by atoms with Crippen LogP contribution in [0.25, 0.3) is 0 Å². The molecule has 1 aliphatic carbocycles.